The van der Waals surface area contributed by atoms with Crippen LogP contribution in [0.15, 0.2) is 21.2 Å². The largest absolute Gasteiger partial charge is 0.444 e. The van der Waals surface area contributed by atoms with Crippen molar-refractivity contribution in [1.29, 1.82) is 0 Å². The number of hydrogen-bond donors (Lipinski definition) is 2. The lowest BCUT2D eigenvalue weighted by molar-refractivity contribution is 0.0465. The van der Waals surface area contributed by atoms with Gasteiger partial charge in [-0.25, -0.2) is 4.79 Å². The molecule has 22 heavy (non-hydrogen) atoms. The number of nitrogens with zero attached hydrogens (tertiary/aromatic N) is 1. The van der Waals surface area contributed by atoms with E-state index < -0.39 is 5.60 Å². The molecular weight excluding hydrogens is 414 g/mol. The standard InChI is InChI=1S/C15H21Br2N3O2/c1-15(2,3)22-14(21)20-11-5-10(6-11)18-8-13-12(17)4-9(16)7-19-13/h4,7,10-11,18H,5-6,8H2,1-3H3,(H,20,21). The van der Waals surface area contributed by atoms with Crippen molar-refractivity contribution in [2.45, 2.75) is 57.8 Å². The average molecular weight is 435 g/mol. The summed E-state index contributed by atoms with van der Waals surface area (Å²) < 4.78 is 7.18. The summed E-state index contributed by atoms with van der Waals surface area (Å²) in [7, 11) is 0. The molecule has 1 aromatic heterocycles. The molecule has 2 N–H and O–H groups in total. The molecule has 0 unspecified atom stereocenters. The second kappa shape index (κ2) is 7.27. The summed E-state index contributed by atoms with van der Waals surface area (Å²) in [5.41, 5.74) is 0.525. The highest BCUT2D eigenvalue weighted by atomic mass is 79.9. The first-order chi connectivity index (χ1) is 10.2. The second-order valence-corrected chi connectivity index (χ2v) is 8.24. The van der Waals surface area contributed by atoms with Crippen molar-refractivity contribution in [2.24, 2.45) is 0 Å². The van der Waals surface area contributed by atoms with E-state index >= 15 is 0 Å². The molecular formula is C15H21Br2N3O2. The van der Waals surface area contributed by atoms with E-state index in [0.717, 1.165) is 27.5 Å². The fourth-order valence-corrected chi connectivity index (χ4v) is 3.32. The maximum atomic E-state index is 11.7. The zero-order chi connectivity index (χ0) is 16.3. The highest BCUT2D eigenvalue weighted by molar-refractivity contribution is 9.11. The molecule has 0 aliphatic heterocycles. The number of pyridine rings is 1. The Labute approximate surface area is 147 Å². The molecule has 1 amide bonds. The number of nitrogens with one attached hydrogen (secondary N) is 2. The Bertz CT molecular complexity index is 540. The van der Waals surface area contributed by atoms with E-state index in [1.54, 1.807) is 6.20 Å². The molecule has 1 fully saturated rings. The molecule has 7 heteroatoms. The van der Waals surface area contributed by atoms with Crippen LogP contribution >= 0.6 is 31.9 Å². The predicted octanol–water partition coefficient (Wildman–Crippen LogP) is 3.75. The lowest BCUT2D eigenvalue weighted by Crippen LogP contribution is -2.53. The van der Waals surface area contributed by atoms with E-state index in [2.05, 4.69) is 47.5 Å². The number of alkyl carbamates (subject to hydrolysis) is 1. The summed E-state index contributed by atoms with van der Waals surface area (Å²) in [6.07, 6.45) is 3.27. The maximum absolute atomic E-state index is 11.7. The molecule has 0 bridgehead atoms. The Morgan fingerprint density at radius 2 is 2.05 bits per heavy atom. The summed E-state index contributed by atoms with van der Waals surface area (Å²) in [6, 6.07) is 2.57. The van der Waals surface area contributed by atoms with Crippen molar-refractivity contribution in [2.75, 3.05) is 0 Å². The molecule has 1 aliphatic rings. The van der Waals surface area contributed by atoms with Crippen molar-refractivity contribution < 1.29 is 9.53 Å². The van der Waals surface area contributed by atoms with E-state index in [4.69, 9.17) is 4.74 Å². The Morgan fingerprint density at radius 3 is 2.64 bits per heavy atom. The molecule has 0 atom stereocenters. The smallest absolute Gasteiger partial charge is 0.407 e. The zero-order valence-corrected chi connectivity index (χ0v) is 16.1. The zero-order valence-electron chi connectivity index (χ0n) is 13.0. The van der Waals surface area contributed by atoms with Crippen LogP contribution in [-0.4, -0.2) is 28.8 Å². The van der Waals surface area contributed by atoms with Gasteiger partial charge in [-0.15, -0.1) is 0 Å². The number of hydrogen-bond acceptors (Lipinski definition) is 4. The number of ether oxygens (including phenoxy) is 1. The van der Waals surface area contributed by atoms with E-state index in [-0.39, 0.29) is 12.1 Å². The van der Waals surface area contributed by atoms with Gasteiger partial charge in [-0.1, -0.05) is 0 Å². The van der Waals surface area contributed by atoms with Crippen molar-refractivity contribution in [1.82, 2.24) is 15.6 Å². The summed E-state index contributed by atoms with van der Waals surface area (Å²) in [5.74, 6) is 0. The van der Waals surface area contributed by atoms with Gasteiger partial charge in [-0.3, -0.25) is 4.98 Å². The molecule has 0 spiro atoms. The van der Waals surface area contributed by atoms with Crippen molar-refractivity contribution in [3.05, 3.63) is 26.9 Å². The van der Waals surface area contributed by atoms with E-state index in [1.165, 1.54) is 0 Å². The third-order valence-electron chi connectivity index (χ3n) is 3.30. The SMILES string of the molecule is CC(C)(C)OC(=O)NC1CC(NCc2ncc(Br)cc2Br)C1. The van der Waals surface area contributed by atoms with Crippen molar-refractivity contribution in [3.8, 4) is 0 Å². The van der Waals surface area contributed by atoms with Gasteiger partial charge in [-0.05, 0) is 71.5 Å². The van der Waals surface area contributed by atoms with Crippen LogP contribution in [0.3, 0.4) is 0 Å². The summed E-state index contributed by atoms with van der Waals surface area (Å²) in [6.45, 7) is 6.29. The van der Waals surface area contributed by atoms with Crippen LogP contribution in [0.25, 0.3) is 0 Å². The Kier molecular flexibility index (Phi) is 5.85. The highest BCUT2D eigenvalue weighted by Gasteiger charge is 2.31. The highest BCUT2D eigenvalue weighted by Crippen LogP contribution is 2.23. The van der Waals surface area contributed by atoms with Gasteiger partial charge in [0.25, 0.3) is 0 Å². The van der Waals surface area contributed by atoms with Gasteiger partial charge in [-0.2, -0.15) is 0 Å². The number of amides is 1. The quantitative estimate of drug-likeness (QED) is 0.757. The van der Waals surface area contributed by atoms with Gasteiger partial charge in [0.2, 0.25) is 0 Å². The maximum Gasteiger partial charge on any atom is 0.407 e. The van der Waals surface area contributed by atoms with E-state index in [0.29, 0.717) is 12.6 Å². The van der Waals surface area contributed by atoms with Gasteiger partial charge in [0.1, 0.15) is 5.60 Å². The first-order valence-electron chi connectivity index (χ1n) is 7.26. The molecule has 0 aromatic carbocycles. The minimum Gasteiger partial charge on any atom is -0.444 e. The molecule has 1 aromatic rings. The molecule has 1 saturated carbocycles. The van der Waals surface area contributed by atoms with Gasteiger partial charge in [0.05, 0.1) is 5.69 Å². The molecule has 0 radical (unpaired) electrons. The van der Waals surface area contributed by atoms with Gasteiger partial charge in [0.15, 0.2) is 0 Å². The van der Waals surface area contributed by atoms with Gasteiger partial charge >= 0.3 is 6.09 Å². The minimum absolute atomic E-state index is 0.189. The van der Waals surface area contributed by atoms with Crippen molar-refractivity contribution in [3.63, 3.8) is 0 Å². The van der Waals surface area contributed by atoms with Gasteiger partial charge in [0, 0.05) is 33.8 Å². The third-order valence-corrected chi connectivity index (χ3v) is 4.42. The Hall–Kier alpha value is -0.660. The lowest BCUT2D eigenvalue weighted by Gasteiger charge is -2.36. The second-order valence-electron chi connectivity index (χ2n) is 6.47. The molecule has 5 nitrogen and oxygen atoms in total. The number of carbonyl (C=O) groups excluding carboxylic acids is 1. The monoisotopic (exact) mass is 433 g/mol. The van der Waals surface area contributed by atoms with Crippen LogP contribution in [0.5, 0.6) is 0 Å². The predicted molar refractivity (Wildman–Crippen MR) is 92.7 cm³/mol. The Balaban J connectivity index is 1.68. The third kappa shape index (κ3) is 5.52. The lowest BCUT2D eigenvalue weighted by atomic mass is 9.87. The average Bonchev–Trinajstić information content (AvgIpc) is 2.31. The molecule has 1 heterocycles. The molecule has 1 aliphatic carbocycles. The molecule has 2 rings (SSSR count). The summed E-state index contributed by atoms with van der Waals surface area (Å²) in [4.78, 5) is 16.0. The molecule has 0 saturated heterocycles. The van der Waals surface area contributed by atoms with Crippen LogP contribution in [0.1, 0.15) is 39.3 Å². The topological polar surface area (TPSA) is 63.2 Å². The fraction of sp³-hybridized carbons (Fsp3) is 0.600. The van der Waals surface area contributed by atoms with E-state index in [1.807, 2.05) is 26.8 Å². The van der Waals surface area contributed by atoms with Crippen LogP contribution < -0.4 is 10.6 Å². The number of carbonyl (C=O) groups is 1. The summed E-state index contributed by atoms with van der Waals surface area (Å²) >= 11 is 6.89. The number of aromatic nitrogens is 1. The van der Waals surface area contributed by atoms with Crippen LogP contribution in [0.2, 0.25) is 0 Å². The number of halogens is 2. The first-order valence-corrected chi connectivity index (χ1v) is 8.84. The summed E-state index contributed by atoms with van der Waals surface area (Å²) in [5, 5.41) is 6.33. The van der Waals surface area contributed by atoms with Crippen LogP contribution in [0.4, 0.5) is 4.79 Å². The Morgan fingerprint density at radius 1 is 1.36 bits per heavy atom. The first kappa shape index (κ1) is 17.7. The van der Waals surface area contributed by atoms with E-state index in [9.17, 15) is 4.79 Å². The van der Waals surface area contributed by atoms with Gasteiger partial charge < -0.3 is 15.4 Å². The fourth-order valence-electron chi connectivity index (χ4n) is 2.19. The van der Waals surface area contributed by atoms with Crippen molar-refractivity contribution >= 4 is 38.0 Å². The normalized spacial score (nSPS) is 21.1. The number of rotatable bonds is 4. The minimum atomic E-state index is -0.453. The van der Waals surface area contributed by atoms with Crippen LogP contribution in [-0.2, 0) is 11.3 Å². The van der Waals surface area contributed by atoms with Crippen LogP contribution in [0, 0.1) is 0 Å². The molecule has 122 valence electrons.